The quantitative estimate of drug-likeness (QED) is 0.288. The molecule has 0 atom stereocenters. The number of nitro groups is 1. The molecule has 0 radical (unpaired) electrons. The minimum Gasteiger partial charge on any atom is -0.488 e. The van der Waals surface area contributed by atoms with Crippen molar-refractivity contribution < 1.29 is 18.8 Å². The van der Waals surface area contributed by atoms with Crippen LogP contribution in [0.4, 0.5) is 10.1 Å². The predicted octanol–water partition coefficient (Wildman–Crippen LogP) is 4.71. The van der Waals surface area contributed by atoms with Crippen molar-refractivity contribution >= 4 is 33.7 Å². The second kappa shape index (κ2) is 10.3. The Balaban J connectivity index is 1.58. The van der Waals surface area contributed by atoms with Crippen LogP contribution in [0.3, 0.4) is 0 Å². The molecule has 0 unspecified atom stereocenters. The Labute approximate surface area is 190 Å². The highest BCUT2D eigenvalue weighted by molar-refractivity contribution is 9.10. The smallest absolute Gasteiger partial charge is 0.274 e. The lowest BCUT2D eigenvalue weighted by molar-refractivity contribution is -0.384. The van der Waals surface area contributed by atoms with Gasteiger partial charge in [0.15, 0.2) is 0 Å². The highest BCUT2D eigenvalue weighted by Crippen LogP contribution is 2.26. The summed E-state index contributed by atoms with van der Waals surface area (Å²) in [5, 5.41) is 23.3. The number of nitrogens with one attached hydrogen (secondary N) is 1. The van der Waals surface area contributed by atoms with E-state index in [1.165, 1.54) is 30.5 Å². The van der Waals surface area contributed by atoms with Crippen LogP contribution in [0.5, 0.6) is 5.75 Å². The van der Waals surface area contributed by atoms with Gasteiger partial charge in [0.25, 0.3) is 11.6 Å². The molecule has 0 bridgehead atoms. The molecule has 8 nitrogen and oxygen atoms in total. The van der Waals surface area contributed by atoms with E-state index in [1.54, 1.807) is 36.4 Å². The normalized spacial score (nSPS) is 10.5. The molecule has 0 heterocycles. The first-order valence-electron chi connectivity index (χ1n) is 9.06. The minimum absolute atomic E-state index is 0.00702. The van der Waals surface area contributed by atoms with Gasteiger partial charge in [-0.3, -0.25) is 14.9 Å². The molecule has 160 valence electrons. The van der Waals surface area contributed by atoms with Crippen LogP contribution in [0.15, 0.2) is 70.2 Å². The Kier molecular flexibility index (Phi) is 7.25. The van der Waals surface area contributed by atoms with E-state index in [9.17, 15) is 19.3 Å². The maximum Gasteiger partial charge on any atom is 0.274 e. The fraction of sp³-hybridized carbons (Fsp3) is 0.0455. The van der Waals surface area contributed by atoms with Crippen molar-refractivity contribution in [3.63, 3.8) is 0 Å². The molecular formula is C22H14BrFN4O4. The Hall–Kier alpha value is -4.10. The number of hydrogen-bond acceptors (Lipinski definition) is 6. The summed E-state index contributed by atoms with van der Waals surface area (Å²) in [6, 6.07) is 16.5. The maximum atomic E-state index is 13.9. The molecule has 3 rings (SSSR count). The molecule has 0 saturated heterocycles. The zero-order valence-corrected chi connectivity index (χ0v) is 17.9. The second-order valence-electron chi connectivity index (χ2n) is 6.41. The summed E-state index contributed by atoms with van der Waals surface area (Å²) in [6.45, 7) is 0.218. The van der Waals surface area contributed by atoms with Crippen molar-refractivity contribution in [2.45, 2.75) is 6.61 Å². The molecule has 0 aliphatic heterocycles. The van der Waals surface area contributed by atoms with Gasteiger partial charge in [-0.1, -0.05) is 0 Å². The highest BCUT2D eigenvalue weighted by Gasteiger charge is 2.11. The summed E-state index contributed by atoms with van der Waals surface area (Å²) in [6.07, 6.45) is 1.38. The Morgan fingerprint density at radius 2 is 1.97 bits per heavy atom. The van der Waals surface area contributed by atoms with Gasteiger partial charge in [-0.15, -0.1) is 0 Å². The molecule has 0 aliphatic rings. The third kappa shape index (κ3) is 5.74. The number of rotatable bonds is 7. The summed E-state index contributed by atoms with van der Waals surface area (Å²) in [4.78, 5) is 22.3. The predicted molar refractivity (Wildman–Crippen MR) is 118 cm³/mol. The zero-order chi connectivity index (χ0) is 23.1. The van der Waals surface area contributed by atoms with E-state index in [1.807, 2.05) is 0 Å². The van der Waals surface area contributed by atoms with Crippen LogP contribution in [-0.4, -0.2) is 17.0 Å². The summed E-state index contributed by atoms with van der Waals surface area (Å²) in [5.74, 6) is -1.01. The molecule has 0 aromatic heterocycles. The average Bonchev–Trinajstić information content (AvgIpc) is 2.78. The standard InChI is InChI=1S/C22H14BrFN4O4/c23-19-9-16(12-26-27-22(29)18-7-3-15(11-25)10-20(18)24)4-8-21(19)32-13-14-1-5-17(6-2-14)28(30)31/h1-10,12H,13H2,(H,27,29)/b26-12-. The lowest BCUT2D eigenvalue weighted by Crippen LogP contribution is -2.19. The van der Waals surface area contributed by atoms with Crippen LogP contribution < -0.4 is 10.2 Å². The summed E-state index contributed by atoms with van der Waals surface area (Å²) >= 11 is 3.39. The second-order valence-corrected chi connectivity index (χ2v) is 7.26. The molecule has 10 heteroatoms. The maximum absolute atomic E-state index is 13.9. The van der Waals surface area contributed by atoms with Crippen LogP contribution in [0.1, 0.15) is 27.0 Å². The van der Waals surface area contributed by atoms with Gasteiger partial charge in [-0.25, -0.2) is 9.82 Å². The van der Waals surface area contributed by atoms with Crippen LogP contribution in [-0.2, 0) is 6.61 Å². The SMILES string of the molecule is N#Cc1ccc(C(=O)N/N=C\c2ccc(OCc3ccc([N+](=O)[O-])cc3)c(Br)c2)c(F)c1. The van der Waals surface area contributed by atoms with E-state index >= 15 is 0 Å². The number of nitrogens with zero attached hydrogens (tertiary/aromatic N) is 3. The number of non-ortho nitro benzene ring substituents is 1. The number of ether oxygens (including phenoxy) is 1. The first kappa shape index (κ1) is 22.6. The van der Waals surface area contributed by atoms with E-state index in [-0.39, 0.29) is 23.4 Å². The summed E-state index contributed by atoms with van der Waals surface area (Å²) < 4.78 is 20.2. The van der Waals surface area contributed by atoms with Gasteiger partial charge in [0.1, 0.15) is 18.2 Å². The van der Waals surface area contributed by atoms with Crippen LogP contribution in [0.25, 0.3) is 0 Å². The summed E-state index contributed by atoms with van der Waals surface area (Å²) in [5.41, 5.74) is 3.54. The van der Waals surface area contributed by atoms with Crippen LogP contribution >= 0.6 is 15.9 Å². The molecule has 3 aromatic carbocycles. The van der Waals surface area contributed by atoms with Crippen molar-refractivity contribution in [1.29, 1.82) is 5.26 Å². The largest absolute Gasteiger partial charge is 0.488 e. The van der Waals surface area contributed by atoms with Gasteiger partial charge < -0.3 is 4.74 Å². The molecule has 0 saturated carbocycles. The number of nitriles is 1. The number of amides is 1. The van der Waals surface area contributed by atoms with Crippen LogP contribution in [0, 0.1) is 27.3 Å². The number of carbonyl (C=O) groups is 1. The number of halogens is 2. The molecule has 1 amide bonds. The van der Waals surface area contributed by atoms with Gasteiger partial charge in [0, 0.05) is 12.1 Å². The number of hydrogen-bond donors (Lipinski definition) is 1. The molecule has 0 fully saturated rings. The average molecular weight is 497 g/mol. The van der Waals surface area contributed by atoms with Crippen molar-refractivity contribution in [3.8, 4) is 11.8 Å². The van der Waals surface area contributed by atoms with Gasteiger partial charge >= 0.3 is 0 Å². The molecule has 1 N–H and O–H groups in total. The van der Waals surface area contributed by atoms with Gasteiger partial charge in [0.05, 0.1) is 32.8 Å². The van der Waals surface area contributed by atoms with E-state index in [4.69, 9.17) is 10.00 Å². The lowest BCUT2D eigenvalue weighted by Gasteiger charge is -2.09. The van der Waals surface area contributed by atoms with E-state index in [0.717, 1.165) is 11.6 Å². The minimum atomic E-state index is -0.811. The zero-order valence-electron chi connectivity index (χ0n) is 16.3. The fourth-order valence-electron chi connectivity index (χ4n) is 2.58. The van der Waals surface area contributed by atoms with E-state index in [0.29, 0.717) is 15.8 Å². The topological polar surface area (TPSA) is 118 Å². The van der Waals surface area contributed by atoms with Gasteiger partial charge in [-0.05, 0) is 75.6 Å². The van der Waals surface area contributed by atoms with Gasteiger partial charge in [0.2, 0.25) is 0 Å². The Bertz CT molecular complexity index is 1240. The van der Waals surface area contributed by atoms with Crippen molar-refractivity contribution in [2.75, 3.05) is 0 Å². The molecule has 3 aromatic rings. The number of nitro benzene ring substituents is 1. The Morgan fingerprint density at radius 3 is 2.59 bits per heavy atom. The van der Waals surface area contributed by atoms with Crippen molar-refractivity contribution in [2.24, 2.45) is 5.10 Å². The summed E-state index contributed by atoms with van der Waals surface area (Å²) in [7, 11) is 0. The monoisotopic (exact) mass is 496 g/mol. The Morgan fingerprint density at radius 1 is 1.22 bits per heavy atom. The van der Waals surface area contributed by atoms with Crippen molar-refractivity contribution in [3.05, 3.63) is 103 Å². The van der Waals surface area contributed by atoms with Gasteiger partial charge in [-0.2, -0.15) is 10.4 Å². The van der Waals surface area contributed by atoms with E-state index in [2.05, 4.69) is 26.5 Å². The molecule has 0 aliphatic carbocycles. The number of hydrazone groups is 1. The molecule has 32 heavy (non-hydrogen) atoms. The number of benzene rings is 3. The molecular weight excluding hydrogens is 483 g/mol. The third-order valence-corrected chi connectivity index (χ3v) is 4.84. The van der Waals surface area contributed by atoms with Crippen molar-refractivity contribution in [1.82, 2.24) is 5.43 Å². The molecule has 0 spiro atoms. The lowest BCUT2D eigenvalue weighted by atomic mass is 10.1. The fourth-order valence-corrected chi connectivity index (χ4v) is 3.09. The highest BCUT2D eigenvalue weighted by atomic mass is 79.9. The number of carbonyl (C=O) groups excluding carboxylic acids is 1. The third-order valence-electron chi connectivity index (χ3n) is 4.22. The first-order valence-corrected chi connectivity index (χ1v) is 9.85. The first-order chi connectivity index (χ1) is 15.4. The van der Waals surface area contributed by atoms with E-state index < -0.39 is 16.6 Å². The van der Waals surface area contributed by atoms with Crippen LogP contribution in [0.2, 0.25) is 0 Å².